The summed E-state index contributed by atoms with van der Waals surface area (Å²) in [5, 5.41) is 6.95. The molecule has 13 aromatic rings. The number of fused-ring (bicyclic) bond motifs is 10. The maximum Gasteiger partial charge on any atom is 0.238 e. The lowest BCUT2D eigenvalue weighted by Gasteiger charge is -2.12. The fourth-order valence-corrected chi connectivity index (χ4v) is 9.57. The van der Waals surface area contributed by atoms with Gasteiger partial charge >= 0.3 is 0 Å². The molecule has 0 amide bonds. The van der Waals surface area contributed by atoms with Gasteiger partial charge in [-0.15, -0.1) is 0 Å². The van der Waals surface area contributed by atoms with Gasteiger partial charge in [-0.3, -0.25) is 9.13 Å². The molecule has 0 fully saturated rings. The second kappa shape index (κ2) is 13.9. The van der Waals surface area contributed by atoms with Gasteiger partial charge in [0.05, 0.1) is 38.8 Å². The van der Waals surface area contributed by atoms with Crippen LogP contribution in [0.15, 0.2) is 212 Å². The molecule has 0 aliphatic carbocycles. The van der Waals surface area contributed by atoms with Crippen molar-refractivity contribution in [2.45, 2.75) is 0 Å². The van der Waals surface area contributed by atoms with Gasteiger partial charge < -0.3 is 4.57 Å². The normalized spacial score (nSPS) is 11.8. The summed E-state index contributed by atoms with van der Waals surface area (Å²) >= 11 is 0. The van der Waals surface area contributed by atoms with Crippen LogP contribution in [-0.4, -0.2) is 33.6 Å². The van der Waals surface area contributed by atoms with Gasteiger partial charge in [0.15, 0.2) is 11.6 Å². The molecule has 5 aromatic heterocycles. The van der Waals surface area contributed by atoms with Crippen LogP contribution in [0.25, 0.3) is 117 Å². The average Bonchev–Trinajstić information content (AvgIpc) is 4.00. The topological polar surface area (TPSA) is 66.3 Å². The highest BCUT2D eigenvalue weighted by Crippen LogP contribution is 2.42. The second-order valence-electron chi connectivity index (χ2n) is 15.9. The van der Waals surface area contributed by atoms with Gasteiger partial charge in [-0.05, 0) is 54.6 Å². The van der Waals surface area contributed by atoms with Gasteiger partial charge in [0, 0.05) is 54.7 Å². The van der Waals surface area contributed by atoms with Crippen molar-refractivity contribution in [3.63, 3.8) is 0 Å². The molecule has 0 saturated carbocycles. The summed E-state index contributed by atoms with van der Waals surface area (Å²) in [5.74, 6) is 2.68. The van der Waals surface area contributed by atoms with Crippen LogP contribution in [0.3, 0.4) is 0 Å². The molecular weight excluding hydrogens is 771 g/mol. The molecule has 7 heteroatoms. The zero-order valence-corrected chi connectivity index (χ0v) is 33.8. The maximum absolute atomic E-state index is 5.33. The molecule has 5 heterocycles. The molecule has 0 spiro atoms. The predicted molar refractivity (Wildman–Crippen MR) is 257 cm³/mol. The van der Waals surface area contributed by atoms with E-state index in [4.69, 9.17) is 19.9 Å². The van der Waals surface area contributed by atoms with E-state index in [0.29, 0.717) is 17.6 Å². The van der Waals surface area contributed by atoms with Gasteiger partial charge in [-0.1, -0.05) is 158 Å². The average molecular weight is 806 g/mol. The minimum atomic E-state index is 0.564. The zero-order valence-electron chi connectivity index (χ0n) is 33.8. The number of hydrogen-bond donors (Lipinski definition) is 0. The largest absolute Gasteiger partial charge is 0.309 e. The van der Waals surface area contributed by atoms with E-state index in [1.54, 1.807) is 0 Å². The minimum absolute atomic E-state index is 0.564. The molecule has 0 unspecified atom stereocenters. The van der Waals surface area contributed by atoms with Crippen LogP contribution in [0.1, 0.15) is 0 Å². The number of nitrogens with zero attached hydrogens (tertiary/aromatic N) is 7. The second-order valence-corrected chi connectivity index (χ2v) is 15.9. The van der Waals surface area contributed by atoms with Gasteiger partial charge in [0.2, 0.25) is 5.95 Å². The summed E-state index contributed by atoms with van der Waals surface area (Å²) in [6.45, 7) is 0. The third-order valence-corrected chi connectivity index (χ3v) is 12.3. The predicted octanol–water partition coefficient (Wildman–Crippen LogP) is 13.6. The minimum Gasteiger partial charge on any atom is -0.309 e. The van der Waals surface area contributed by atoms with Gasteiger partial charge in [0.1, 0.15) is 5.82 Å². The zero-order chi connectivity index (χ0) is 41.4. The molecule has 8 aromatic carbocycles. The van der Waals surface area contributed by atoms with Crippen molar-refractivity contribution >= 4 is 65.4 Å². The van der Waals surface area contributed by atoms with Crippen molar-refractivity contribution in [3.05, 3.63) is 212 Å². The maximum atomic E-state index is 5.33. The molecule has 294 valence electrons. The van der Waals surface area contributed by atoms with Crippen molar-refractivity contribution in [2.75, 3.05) is 0 Å². The fourth-order valence-electron chi connectivity index (χ4n) is 9.57. The monoisotopic (exact) mass is 805 g/mol. The van der Waals surface area contributed by atoms with E-state index >= 15 is 0 Å². The molecule has 0 N–H and O–H groups in total. The SMILES string of the molecule is c1ccc(-c2nc(-c3ccccc3)nc(-n3c4ccccc4c4ccc5c(c6ccccc6n5-c5cccc(-c6cccc(-n7c8ccccc8c8ccccc87)n6)c5)c43)n2)cc1. The summed E-state index contributed by atoms with van der Waals surface area (Å²) < 4.78 is 6.89. The molecule has 7 nitrogen and oxygen atoms in total. The van der Waals surface area contributed by atoms with Crippen molar-refractivity contribution in [1.82, 2.24) is 33.6 Å². The Hall–Kier alpha value is -8.68. The van der Waals surface area contributed by atoms with Crippen LogP contribution in [0.5, 0.6) is 0 Å². The standard InChI is InChI=1S/C56H35N7/c1-3-17-36(18-4-1)54-58-55(37-19-5-2-6-20-37)60-56(59-54)63-48-30-13-9-25-42(48)43-33-34-50-52(53(43)63)44-26-10-14-31-49(44)61(50)39-22-15-21-38(35-39)45-27-16-32-51(57-45)62-46-28-11-7-23-40(46)41-24-8-12-29-47(41)62/h1-35H. The Morgan fingerprint density at radius 2 is 0.810 bits per heavy atom. The fraction of sp³-hybridized carbons (Fsp3) is 0. The van der Waals surface area contributed by atoms with E-state index in [1.807, 2.05) is 36.4 Å². The van der Waals surface area contributed by atoms with E-state index in [2.05, 4.69) is 190 Å². The Bertz CT molecular complexity index is 3810. The highest BCUT2D eigenvalue weighted by Gasteiger charge is 2.23. The third kappa shape index (κ3) is 5.46. The Balaban J connectivity index is 1.04. The van der Waals surface area contributed by atoms with Crippen LogP contribution in [0.2, 0.25) is 0 Å². The molecule has 0 atom stereocenters. The van der Waals surface area contributed by atoms with Crippen LogP contribution in [0, 0.1) is 0 Å². The van der Waals surface area contributed by atoms with Crippen molar-refractivity contribution in [3.8, 4) is 51.5 Å². The van der Waals surface area contributed by atoms with E-state index in [1.165, 1.54) is 10.8 Å². The molecule has 0 bridgehead atoms. The van der Waals surface area contributed by atoms with E-state index < -0.39 is 0 Å². The first-order valence-electron chi connectivity index (χ1n) is 21.2. The Labute approximate surface area is 361 Å². The first kappa shape index (κ1) is 35.1. The molecular formula is C56H35N7. The van der Waals surface area contributed by atoms with Crippen molar-refractivity contribution in [2.24, 2.45) is 0 Å². The Morgan fingerprint density at radius 3 is 1.44 bits per heavy atom. The summed E-state index contributed by atoms with van der Waals surface area (Å²) in [6, 6.07) is 74.3. The lowest BCUT2D eigenvalue weighted by atomic mass is 10.1. The highest BCUT2D eigenvalue weighted by atomic mass is 15.2. The molecule has 0 aliphatic rings. The highest BCUT2D eigenvalue weighted by molar-refractivity contribution is 6.26. The Kier molecular flexibility index (Phi) is 7.77. The summed E-state index contributed by atoms with van der Waals surface area (Å²) in [4.78, 5) is 20.9. The third-order valence-electron chi connectivity index (χ3n) is 12.3. The molecule has 13 rings (SSSR count). The smallest absolute Gasteiger partial charge is 0.238 e. The molecule has 0 aliphatic heterocycles. The van der Waals surface area contributed by atoms with E-state index in [0.717, 1.165) is 88.5 Å². The van der Waals surface area contributed by atoms with Crippen molar-refractivity contribution < 1.29 is 0 Å². The van der Waals surface area contributed by atoms with E-state index in [9.17, 15) is 0 Å². The number of benzene rings is 8. The van der Waals surface area contributed by atoms with Crippen LogP contribution in [0.4, 0.5) is 0 Å². The number of aromatic nitrogens is 7. The lowest BCUT2D eigenvalue weighted by Crippen LogP contribution is -2.06. The van der Waals surface area contributed by atoms with Gasteiger partial charge in [0.25, 0.3) is 0 Å². The summed E-state index contributed by atoms with van der Waals surface area (Å²) in [7, 11) is 0. The number of para-hydroxylation sites is 4. The van der Waals surface area contributed by atoms with Crippen LogP contribution >= 0.6 is 0 Å². The quantitative estimate of drug-likeness (QED) is 0.168. The number of hydrogen-bond acceptors (Lipinski definition) is 4. The molecule has 63 heavy (non-hydrogen) atoms. The summed E-state index contributed by atoms with van der Waals surface area (Å²) in [6.07, 6.45) is 0. The lowest BCUT2D eigenvalue weighted by molar-refractivity contribution is 0.955. The Morgan fingerprint density at radius 1 is 0.302 bits per heavy atom. The van der Waals surface area contributed by atoms with Crippen LogP contribution < -0.4 is 0 Å². The first-order chi connectivity index (χ1) is 31.3. The first-order valence-corrected chi connectivity index (χ1v) is 21.2. The summed E-state index contributed by atoms with van der Waals surface area (Å²) in [5.41, 5.74) is 11.4. The number of pyridine rings is 1. The molecule has 0 saturated heterocycles. The van der Waals surface area contributed by atoms with Gasteiger partial charge in [-0.2, -0.15) is 9.97 Å². The van der Waals surface area contributed by atoms with E-state index in [-0.39, 0.29) is 0 Å². The van der Waals surface area contributed by atoms with Gasteiger partial charge in [-0.25, -0.2) is 9.97 Å². The van der Waals surface area contributed by atoms with Crippen molar-refractivity contribution in [1.29, 1.82) is 0 Å². The molecule has 0 radical (unpaired) electrons. The van der Waals surface area contributed by atoms with Crippen LogP contribution in [-0.2, 0) is 0 Å². The number of rotatable bonds is 6.